The standard InChI is InChI=1S/C37H41ClF3N11O5/c38-28-14-24(47-34(55)33-45-18-25(46-33)13-27-31(29-4-1-23(42)17-44-29)48-49-32(27)37(39,40)41)2-3-26(28)36(57)51-9-7-50(8-10-51)35(56)22-5-11-52(12-6-22,20-30(53)54)19-21-15-43-16-21/h1-4,14,17-18,21-22,43H,5-13,15-16,19-20H2,(H5-,42,44,45,46,47,48,49,53,54,55,57)/p+1. The van der Waals surface area contributed by atoms with E-state index < -0.39 is 23.7 Å². The van der Waals surface area contributed by atoms with E-state index in [9.17, 15) is 37.5 Å². The molecule has 3 saturated heterocycles. The smallest absolute Gasteiger partial charge is 0.433 e. The normalized spacial score (nSPS) is 20.2. The van der Waals surface area contributed by atoms with Crippen molar-refractivity contribution in [3.8, 4) is 11.4 Å². The Morgan fingerprint density at radius 1 is 1.00 bits per heavy atom. The van der Waals surface area contributed by atoms with Crippen LogP contribution in [0.2, 0.25) is 5.02 Å². The van der Waals surface area contributed by atoms with E-state index in [1.165, 1.54) is 42.7 Å². The third-order valence-corrected chi connectivity index (χ3v) is 11.3. The van der Waals surface area contributed by atoms with E-state index in [0.717, 1.165) is 19.6 Å². The maximum Gasteiger partial charge on any atom is 0.433 e. The zero-order valence-electron chi connectivity index (χ0n) is 30.7. The summed E-state index contributed by atoms with van der Waals surface area (Å²) in [6.45, 7) is 5.30. The maximum absolute atomic E-state index is 13.9. The van der Waals surface area contributed by atoms with Crippen molar-refractivity contribution in [3.05, 3.63) is 76.1 Å². The van der Waals surface area contributed by atoms with Crippen LogP contribution in [0.5, 0.6) is 0 Å². The molecule has 3 aliphatic rings. The quantitative estimate of drug-likeness (QED) is 0.122. The Bertz CT molecular complexity index is 2140. The zero-order valence-corrected chi connectivity index (χ0v) is 31.5. The number of H-pyrrole nitrogens is 2. The van der Waals surface area contributed by atoms with Crippen molar-refractivity contribution in [1.29, 1.82) is 0 Å². The zero-order chi connectivity index (χ0) is 40.5. The number of likely N-dealkylation sites (tertiary alicyclic amines) is 1. The van der Waals surface area contributed by atoms with Gasteiger partial charge >= 0.3 is 12.1 Å². The summed E-state index contributed by atoms with van der Waals surface area (Å²) in [5.41, 5.74) is 5.57. The van der Waals surface area contributed by atoms with Gasteiger partial charge in [0.2, 0.25) is 5.91 Å². The van der Waals surface area contributed by atoms with Crippen molar-refractivity contribution in [3.63, 3.8) is 0 Å². The second-order valence-corrected chi connectivity index (χ2v) is 15.3. The van der Waals surface area contributed by atoms with E-state index in [1.807, 2.05) is 5.10 Å². The van der Waals surface area contributed by atoms with E-state index in [2.05, 4.69) is 30.7 Å². The van der Waals surface area contributed by atoms with Gasteiger partial charge in [0, 0.05) is 93.5 Å². The Hall–Kier alpha value is -5.53. The first-order valence-corrected chi connectivity index (χ1v) is 18.9. The average molecular weight is 813 g/mol. The fourth-order valence-electron chi connectivity index (χ4n) is 7.88. The van der Waals surface area contributed by atoms with E-state index in [0.29, 0.717) is 68.2 Å². The number of aliphatic carboxylic acids is 1. The summed E-state index contributed by atoms with van der Waals surface area (Å²) in [6.07, 6.45) is -1.22. The predicted molar refractivity (Wildman–Crippen MR) is 201 cm³/mol. The summed E-state index contributed by atoms with van der Waals surface area (Å²) in [5, 5.41) is 21.4. The van der Waals surface area contributed by atoms with Gasteiger partial charge in [-0.05, 0) is 30.3 Å². The number of aromatic nitrogens is 5. The van der Waals surface area contributed by atoms with Crippen LogP contribution in [0.25, 0.3) is 11.4 Å². The van der Waals surface area contributed by atoms with Crippen molar-refractivity contribution in [2.75, 3.05) is 76.5 Å². The molecule has 302 valence electrons. The molecule has 0 atom stereocenters. The lowest BCUT2D eigenvalue weighted by atomic mass is 9.90. The SMILES string of the molecule is Nc1ccc(-c2n[nH]c(C(F)(F)F)c2Cc2cnc(C(=O)Nc3ccc(C(=O)N4CCN(C(=O)C5CC[N+](CC(=O)O)(CC6CNC6)CC5)CC4)c(Cl)c3)[nH]2)nc1. The van der Waals surface area contributed by atoms with Gasteiger partial charge in [0.05, 0.1) is 47.8 Å². The van der Waals surface area contributed by atoms with Crippen LogP contribution in [0.4, 0.5) is 24.5 Å². The molecule has 3 fully saturated rings. The number of nitrogens with two attached hydrogens (primary N) is 1. The number of pyridine rings is 1. The van der Waals surface area contributed by atoms with E-state index in [1.54, 1.807) is 9.80 Å². The maximum atomic E-state index is 13.9. The number of carboxylic acids is 1. The molecule has 6 heterocycles. The highest BCUT2D eigenvalue weighted by Gasteiger charge is 2.42. The number of imidazole rings is 1. The number of anilines is 2. The number of quaternary nitrogens is 1. The third kappa shape index (κ3) is 8.89. The van der Waals surface area contributed by atoms with E-state index in [-0.39, 0.29) is 75.4 Å². The molecule has 0 radical (unpaired) electrons. The summed E-state index contributed by atoms with van der Waals surface area (Å²) in [5.74, 6) is -1.70. The first-order valence-electron chi connectivity index (χ1n) is 18.5. The van der Waals surface area contributed by atoms with Gasteiger partial charge in [0.1, 0.15) is 11.4 Å². The number of hydrogen-bond donors (Lipinski definition) is 6. The Morgan fingerprint density at radius 3 is 2.33 bits per heavy atom. The van der Waals surface area contributed by atoms with E-state index in [4.69, 9.17) is 17.3 Å². The number of nitrogens with one attached hydrogen (secondary N) is 4. The number of carboxylic acid groups (broad SMARTS) is 1. The molecule has 3 aliphatic heterocycles. The molecule has 0 aliphatic carbocycles. The van der Waals surface area contributed by atoms with Crippen LogP contribution >= 0.6 is 11.6 Å². The van der Waals surface area contributed by atoms with Crippen molar-refractivity contribution in [2.24, 2.45) is 11.8 Å². The first-order chi connectivity index (χ1) is 27.2. The van der Waals surface area contributed by atoms with Crippen molar-refractivity contribution < 1.29 is 41.9 Å². The molecule has 0 unspecified atom stereocenters. The summed E-state index contributed by atoms with van der Waals surface area (Å²) >= 11 is 6.52. The fourth-order valence-corrected chi connectivity index (χ4v) is 8.14. The minimum Gasteiger partial charge on any atom is -0.477 e. The molecule has 57 heavy (non-hydrogen) atoms. The Labute approximate surface area is 329 Å². The summed E-state index contributed by atoms with van der Waals surface area (Å²) in [7, 11) is 0. The molecule has 7 rings (SSSR count). The molecule has 0 bridgehead atoms. The van der Waals surface area contributed by atoms with Gasteiger partial charge in [-0.2, -0.15) is 18.3 Å². The van der Waals surface area contributed by atoms with Gasteiger partial charge in [-0.1, -0.05) is 11.6 Å². The second-order valence-electron chi connectivity index (χ2n) is 14.9. The summed E-state index contributed by atoms with van der Waals surface area (Å²) < 4.78 is 42.1. The van der Waals surface area contributed by atoms with Gasteiger partial charge in [0.15, 0.2) is 12.4 Å². The van der Waals surface area contributed by atoms with Gasteiger partial charge in [-0.3, -0.25) is 24.5 Å². The minimum atomic E-state index is -4.74. The number of aromatic amines is 2. The summed E-state index contributed by atoms with van der Waals surface area (Å²) in [6, 6.07) is 7.35. The second kappa shape index (κ2) is 16.1. The number of nitrogens with zero attached hydrogens (tertiary/aromatic N) is 6. The monoisotopic (exact) mass is 812 g/mol. The lowest BCUT2D eigenvalue weighted by Gasteiger charge is -2.46. The lowest BCUT2D eigenvalue weighted by molar-refractivity contribution is -0.929. The number of amides is 3. The highest BCUT2D eigenvalue weighted by molar-refractivity contribution is 6.34. The Morgan fingerprint density at radius 2 is 1.72 bits per heavy atom. The molecule has 1 aromatic carbocycles. The van der Waals surface area contributed by atoms with Gasteiger partial charge in [-0.25, -0.2) is 9.78 Å². The first kappa shape index (κ1) is 39.7. The van der Waals surface area contributed by atoms with Gasteiger partial charge in [-0.15, -0.1) is 0 Å². The molecular weight excluding hydrogens is 771 g/mol. The Kier molecular flexibility index (Phi) is 11.2. The molecule has 0 spiro atoms. The topological polar surface area (TPSA) is 215 Å². The number of piperidine rings is 1. The molecular formula is C37H42ClF3N11O5+. The van der Waals surface area contributed by atoms with Crippen LogP contribution in [-0.4, -0.2) is 134 Å². The van der Waals surface area contributed by atoms with Crippen LogP contribution in [-0.2, 0) is 22.2 Å². The van der Waals surface area contributed by atoms with Crippen molar-refractivity contribution in [1.82, 2.24) is 40.3 Å². The molecule has 4 aromatic rings. The van der Waals surface area contributed by atoms with Gasteiger partial charge in [0.25, 0.3) is 11.8 Å². The molecule has 20 heteroatoms. The highest BCUT2D eigenvalue weighted by atomic mass is 35.5. The fraction of sp³-hybridized carbons (Fsp3) is 0.432. The minimum absolute atomic E-state index is 0.0270. The number of carbonyl (C=O) groups excluding carboxylic acids is 3. The van der Waals surface area contributed by atoms with Crippen LogP contribution in [0.1, 0.15) is 50.8 Å². The van der Waals surface area contributed by atoms with Crippen LogP contribution in [0.15, 0.2) is 42.7 Å². The molecule has 3 aromatic heterocycles. The summed E-state index contributed by atoms with van der Waals surface area (Å²) in [4.78, 5) is 66.0. The number of rotatable bonds is 11. The predicted octanol–water partition coefficient (Wildman–Crippen LogP) is 3.11. The molecule has 0 saturated carbocycles. The largest absolute Gasteiger partial charge is 0.477 e. The molecule has 7 N–H and O–H groups in total. The number of halogens is 4. The average Bonchev–Trinajstić information content (AvgIpc) is 3.81. The number of carbonyl (C=O) groups is 4. The van der Waals surface area contributed by atoms with Crippen LogP contribution in [0.3, 0.4) is 0 Å². The third-order valence-electron chi connectivity index (χ3n) is 11.0. The Balaban J connectivity index is 0.926. The number of benzene rings is 1. The molecule has 3 amide bonds. The van der Waals surface area contributed by atoms with Crippen LogP contribution < -0.4 is 16.4 Å². The lowest BCUT2D eigenvalue weighted by Crippen LogP contribution is -2.62. The van der Waals surface area contributed by atoms with Crippen molar-refractivity contribution >= 4 is 46.7 Å². The number of piperazine rings is 1. The highest BCUT2D eigenvalue weighted by Crippen LogP contribution is 2.36. The van der Waals surface area contributed by atoms with E-state index >= 15 is 0 Å². The number of nitrogen functional groups attached to an aromatic ring is 1. The van der Waals surface area contributed by atoms with Crippen LogP contribution in [0, 0.1) is 11.8 Å². The number of alkyl halides is 3. The van der Waals surface area contributed by atoms with Crippen molar-refractivity contribution in [2.45, 2.75) is 25.4 Å². The number of hydrogen-bond acceptors (Lipinski definition) is 9. The van der Waals surface area contributed by atoms with Gasteiger partial charge < -0.3 is 40.7 Å². The molecule has 16 nitrogen and oxygen atoms in total.